The van der Waals surface area contributed by atoms with E-state index in [2.05, 4.69) is 16.7 Å². The zero-order chi connectivity index (χ0) is 13.5. The molecule has 2 atom stereocenters. The molecule has 0 spiro atoms. The van der Waals surface area contributed by atoms with E-state index in [0.29, 0.717) is 24.5 Å². The standard InChI is InChI=1S/C15H27N3O.2ClH/c1-12-9-17-8-4-5-13(17)10-18(12)14(19)15(11-16)6-2-3-7-15;;/h12-13H,2-11,16H2,1H3;2*1H. The maximum atomic E-state index is 13.0. The number of rotatable bonds is 2. The second-order valence-corrected chi connectivity index (χ2v) is 6.79. The summed E-state index contributed by atoms with van der Waals surface area (Å²) in [5.74, 6) is 0.353. The Morgan fingerprint density at radius 3 is 2.48 bits per heavy atom. The number of amides is 1. The minimum Gasteiger partial charge on any atom is -0.337 e. The molecule has 2 unspecified atom stereocenters. The van der Waals surface area contributed by atoms with E-state index in [0.717, 1.165) is 25.9 Å². The third-order valence-electron chi connectivity index (χ3n) is 5.60. The van der Waals surface area contributed by atoms with Crippen molar-refractivity contribution in [2.75, 3.05) is 26.2 Å². The lowest BCUT2D eigenvalue weighted by atomic mass is 9.83. The Hall–Kier alpha value is -0.0300. The Morgan fingerprint density at radius 1 is 1.19 bits per heavy atom. The molecule has 1 amide bonds. The first-order valence-electron chi connectivity index (χ1n) is 7.91. The summed E-state index contributed by atoms with van der Waals surface area (Å²) in [5, 5.41) is 0. The monoisotopic (exact) mass is 337 g/mol. The highest BCUT2D eigenvalue weighted by Crippen LogP contribution is 2.40. The molecule has 6 heteroatoms. The lowest BCUT2D eigenvalue weighted by Crippen LogP contribution is -2.60. The summed E-state index contributed by atoms with van der Waals surface area (Å²) in [6.45, 7) is 5.94. The molecule has 3 aliphatic rings. The minimum atomic E-state index is -0.227. The average Bonchev–Trinajstić information content (AvgIpc) is 3.06. The third-order valence-corrected chi connectivity index (χ3v) is 5.60. The molecular weight excluding hydrogens is 309 g/mol. The molecule has 0 bridgehead atoms. The van der Waals surface area contributed by atoms with Gasteiger partial charge < -0.3 is 10.6 Å². The fourth-order valence-electron chi connectivity index (χ4n) is 4.33. The van der Waals surface area contributed by atoms with Crippen molar-refractivity contribution >= 4 is 30.7 Å². The molecule has 21 heavy (non-hydrogen) atoms. The Morgan fingerprint density at radius 2 is 1.86 bits per heavy atom. The Bertz CT molecular complexity index is 361. The summed E-state index contributed by atoms with van der Waals surface area (Å²) in [7, 11) is 0. The van der Waals surface area contributed by atoms with Crippen LogP contribution in [0.2, 0.25) is 0 Å². The van der Waals surface area contributed by atoms with Gasteiger partial charge in [0.15, 0.2) is 0 Å². The van der Waals surface area contributed by atoms with Gasteiger partial charge >= 0.3 is 0 Å². The van der Waals surface area contributed by atoms with Gasteiger partial charge in [-0.25, -0.2) is 0 Å². The highest BCUT2D eigenvalue weighted by Gasteiger charge is 2.46. The molecule has 1 saturated carbocycles. The van der Waals surface area contributed by atoms with Gasteiger partial charge in [0.25, 0.3) is 0 Å². The largest absolute Gasteiger partial charge is 0.337 e. The molecule has 3 rings (SSSR count). The normalized spacial score (nSPS) is 31.2. The van der Waals surface area contributed by atoms with Crippen molar-refractivity contribution < 1.29 is 4.79 Å². The number of hydrogen-bond donors (Lipinski definition) is 1. The Balaban J connectivity index is 0.00000110. The van der Waals surface area contributed by atoms with Gasteiger partial charge in [-0.1, -0.05) is 12.8 Å². The van der Waals surface area contributed by atoms with Crippen LogP contribution >= 0.6 is 24.8 Å². The van der Waals surface area contributed by atoms with Crippen LogP contribution in [0.3, 0.4) is 0 Å². The number of carbonyl (C=O) groups is 1. The van der Waals surface area contributed by atoms with Crippen LogP contribution in [0.25, 0.3) is 0 Å². The summed E-state index contributed by atoms with van der Waals surface area (Å²) in [6.07, 6.45) is 6.88. The Labute approximate surface area is 140 Å². The molecule has 4 nitrogen and oxygen atoms in total. The molecule has 124 valence electrons. The van der Waals surface area contributed by atoms with Crippen LogP contribution in [0.15, 0.2) is 0 Å². The SMILES string of the molecule is CC1CN2CCCC2CN1C(=O)C1(CN)CCCC1.Cl.Cl. The second kappa shape index (κ2) is 7.49. The summed E-state index contributed by atoms with van der Waals surface area (Å²) in [5.41, 5.74) is 5.74. The van der Waals surface area contributed by atoms with Crippen molar-refractivity contribution in [2.24, 2.45) is 11.1 Å². The van der Waals surface area contributed by atoms with E-state index in [1.807, 2.05) is 0 Å². The first-order chi connectivity index (χ1) is 9.16. The number of fused-ring (bicyclic) bond motifs is 1. The van der Waals surface area contributed by atoms with Crippen LogP contribution in [0.4, 0.5) is 0 Å². The fraction of sp³-hybridized carbons (Fsp3) is 0.933. The molecule has 1 aliphatic carbocycles. The van der Waals surface area contributed by atoms with E-state index in [4.69, 9.17) is 5.73 Å². The van der Waals surface area contributed by atoms with Gasteiger partial charge in [-0.05, 0) is 39.2 Å². The maximum Gasteiger partial charge on any atom is 0.230 e. The molecule has 0 aromatic rings. The van der Waals surface area contributed by atoms with Gasteiger partial charge in [0.2, 0.25) is 5.91 Å². The molecule has 0 radical (unpaired) electrons. The van der Waals surface area contributed by atoms with Crippen LogP contribution < -0.4 is 5.73 Å². The number of hydrogen-bond acceptors (Lipinski definition) is 3. The predicted molar refractivity (Wildman–Crippen MR) is 90.2 cm³/mol. The fourth-order valence-corrected chi connectivity index (χ4v) is 4.33. The van der Waals surface area contributed by atoms with E-state index in [9.17, 15) is 4.79 Å². The molecule has 2 saturated heterocycles. The van der Waals surface area contributed by atoms with Crippen molar-refractivity contribution in [2.45, 2.75) is 57.5 Å². The molecule has 2 heterocycles. The quantitative estimate of drug-likeness (QED) is 0.838. The van der Waals surface area contributed by atoms with E-state index in [-0.39, 0.29) is 30.2 Å². The van der Waals surface area contributed by atoms with Crippen LogP contribution in [-0.2, 0) is 4.79 Å². The Kier molecular flexibility index (Phi) is 6.79. The van der Waals surface area contributed by atoms with E-state index >= 15 is 0 Å². The zero-order valence-corrected chi connectivity index (χ0v) is 14.6. The first kappa shape index (κ1) is 19.0. The molecule has 2 N–H and O–H groups in total. The number of piperazine rings is 1. The van der Waals surface area contributed by atoms with Crippen molar-refractivity contribution in [1.82, 2.24) is 9.80 Å². The first-order valence-corrected chi connectivity index (χ1v) is 7.91. The van der Waals surface area contributed by atoms with Crippen molar-refractivity contribution in [3.05, 3.63) is 0 Å². The lowest BCUT2D eigenvalue weighted by molar-refractivity contribution is -0.147. The van der Waals surface area contributed by atoms with E-state index in [1.165, 1.54) is 32.2 Å². The highest BCUT2D eigenvalue weighted by molar-refractivity contribution is 5.85. The predicted octanol–water partition coefficient (Wildman–Crippen LogP) is 2.04. The minimum absolute atomic E-state index is 0. The van der Waals surface area contributed by atoms with Crippen molar-refractivity contribution in [3.8, 4) is 0 Å². The number of nitrogens with zero attached hydrogens (tertiary/aromatic N) is 2. The van der Waals surface area contributed by atoms with Crippen LogP contribution in [0, 0.1) is 5.41 Å². The van der Waals surface area contributed by atoms with Gasteiger partial charge in [-0.3, -0.25) is 9.69 Å². The van der Waals surface area contributed by atoms with Crippen LogP contribution in [0.1, 0.15) is 45.4 Å². The van der Waals surface area contributed by atoms with Crippen molar-refractivity contribution in [3.63, 3.8) is 0 Å². The molecule has 3 fully saturated rings. The lowest BCUT2D eigenvalue weighted by Gasteiger charge is -2.45. The van der Waals surface area contributed by atoms with Crippen LogP contribution in [0.5, 0.6) is 0 Å². The molecule has 0 aromatic carbocycles. The topological polar surface area (TPSA) is 49.6 Å². The van der Waals surface area contributed by atoms with Crippen molar-refractivity contribution in [1.29, 1.82) is 0 Å². The van der Waals surface area contributed by atoms with Gasteiger partial charge in [0, 0.05) is 31.7 Å². The van der Waals surface area contributed by atoms with Gasteiger partial charge in [-0.2, -0.15) is 0 Å². The van der Waals surface area contributed by atoms with Gasteiger partial charge in [-0.15, -0.1) is 24.8 Å². The second-order valence-electron chi connectivity index (χ2n) is 6.79. The average molecular weight is 338 g/mol. The van der Waals surface area contributed by atoms with Gasteiger partial charge in [0.05, 0.1) is 5.41 Å². The molecule has 2 aliphatic heterocycles. The van der Waals surface area contributed by atoms with Gasteiger partial charge in [0.1, 0.15) is 0 Å². The third kappa shape index (κ3) is 3.34. The number of carbonyl (C=O) groups excluding carboxylic acids is 1. The number of nitrogens with two attached hydrogens (primary N) is 1. The van der Waals surface area contributed by atoms with Crippen LogP contribution in [-0.4, -0.2) is 54.0 Å². The summed E-state index contributed by atoms with van der Waals surface area (Å²) < 4.78 is 0. The smallest absolute Gasteiger partial charge is 0.230 e. The number of halogens is 2. The van der Waals surface area contributed by atoms with E-state index in [1.54, 1.807) is 0 Å². The summed E-state index contributed by atoms with van der Waals surface area (Å²) in [6, 6.07) is 0.960. The molecule has 0 aromatic heterocycles. The summed E-state index contributed by atoms with van der Waals surface area (Å²) >= 11 is 0. The molecular formula is C15H29Cl2N3O. The zero-order valence-electron chi connectivity index (χ0n) is 12.9. The summed E-state index contributed by atoms with van der Waals surface area (Å²) in [4.78, 5) is 17.7. The van der Waals surface area contributed by atoms with E-state index < -0.39 is 0 Å². The maximum absolute atomic E-state index is 13.0. The highest BCUT2D eigenvalue weighted by atomic mass is 35.5.